The van der Waals surface area contributed by atoms with Gasteiger partial charge in [0, 0.05) is 43.8 Å². The number of aromatic hydroxyl groups is 1. The van der Waals surface area contributed by atoms with Crippen LogP contribution in [0.15, 0.2) is 41.4 Å². The number of ether oxygens (including phenoxy) is 3. The molecule has 162 valence electrons. The maximum Gasteiger partial charge on any atom is 0.191 e. The molecule has 2 aromatic rings. The number of hydrogen-bond donors (Lipinski definition) is 3. The number of rotatable bonds is 8. The molecule has 0 bridgehead atoms. The number of guanidine groups is 1. The lowest BCUT2D eigenvalue weighted by molar-refractivity contribution is 0.166. The van der Waals surface area contributed by atoms with E-state index in [9.17, 15) is 5.11 Å². The summed E-state index contributed by atoms with van der Waals surface area (Å²) in [4.78, 5) is 4.27. The molecule has 0 amide bonds. The van der Waals surface area contributed by atoms with Gasteiger partial charge in [0.2, 0.25) is 0 Å². The van der Waals surface area contributed by atoms with Crippen LogP contribution in [0.4, 0.5) is 0 Å². The van der Waals surface area contributed by atoms with Crippen LogP contribution in [0, 0.1) is 12.8 Å². The molecule has 3 rings (SSSR count). The molecule has 1 unspecified atom stereocenters. The average molecular weight is 414 g/mol. The Hall–Kier alpha value is -2.93. The number of phenolic OH excluding ortho intramolecular Hbond substituents is 1. The highest BCUT2D eigenvalue weighted by Gasteiger charge is 2.17. The van der Waals surface area contributed by atoms with Gasteiger partial charge >= 0.3 is 0 Å². The molecular formula is C23H31N3O4. The Morgan fingerprint density at radius 2 is 1.97 bits per heavy atom. The first-order chi connectivity index (χ1) is 14.6. The summed E-state index contributed by atoms with van der Waals surface area (Å²) < 4.78 is 16.8. The molecular weight excluding hydrogens is 382 g/mol. The van der Waals surface area contributed by atoms with Crippen molar-refractivity contribution >= 4 is 5.96 Å². The van der Waals surface area contributed by atoms with E-state index < -0.39 is 0 Å². The van der Waals surface area contributed by atoms with Gasteiger partial charge in [-0.05, 0) is 43.2 Å². The summed E-state index contributed by atoms with van der Waals surface area (Å²) in [6.07, 6.45) is 1.05. The molecule has 0 aromatic heterocycles. The van der Waals surface area contributed by atoms with Crippen LogP contribution >= 0.6 is 0 Å². The minimum atomic E-state index is 0.212. The van der Waals surface area contributed by atoms with Crippen molar-refractivity contribution in [3.05, 3.63) is 53.1 Å². The molecule has 1 heterocycles. The van der Waals surface area contributed by atoms with Crippen molar-refractivity contribution in [2.75, 3.05) is 34.0 Å². The van der Waals surface area contributed by atoms with E-state index >= 15 is 0 Å². The van der Waals surface area contributed by atoms with E-state index in [0.29, 0.717) is 37.3 Å². The SMILES string of the molecule is CN=C(NCc1cc(OC)ccc1O)NCc1ccc(C)cc1OCC1CCOC1. The van der Waals surface area contributed by atoms with Crippen LogP contribution in [0.3, 0.4) is 0 Å². The Balaban J connectivity index is 1.58. The molecule has 1 atom stereocenters. The number of nitrogens with zero attached hydrogens (tertiary/aromatic N) is 1. The number of nitrogens with one attached hydrogen (secondary N) is 2. The Bertz CT molecular complexity index is 864. The van der Waals surface area contributed by atoms with Crippen LogP contribution in [0.2, 0.25) is 0 Å². The van der Waals surface area contributed by atoms with Crippen molar-refractivity contribution < 1.29 is 19.3 Å². The van der Waals surface area contributed by atoms with Gasteiger partial charge in [0.1, 0.15) is 17.2 Å². The molecule has 0 radical (unpaired) electrons. The second-order valence-electron chi connectivity index (χ2n) is 7.43. The van der Waals surface area contributed by atoms with Crippen molar-refractivity contribution in [3.63, 3.8) is 0 Å². The molecule has 3 N–H and O–H groups in total. The van der Waals surface area contributed by atoms with Crippen molar-refractivity contribution in [2.24, 2.45) is 10.9 Å². The fraction of sp³-hybridized carbons (Fsp3) is 0.435. The van der Waals surface area contributed by atoms with E-state index in [1.54, 1.807) is 32.4 Å². The number of methoxy groups -OCH3 is 1. The first kappa shape index (κ1) is 21.8. The fourth-order valence-corrected chi connectivity index (χ4v) is 3.27. The third-order valence-electron chi connectivity index (χ3n) is 5.12. The Labute approximate surface area is 178 Å². The van der Waals surface area contributed by atoms with Crippen LogP contribution in [0.25, 0.3) is 0 Å². The Kier molecular flexibility index (Phi) is 7.79. The molecule has 1 aliphatic rings. The van der Waals surface area contributed by atoms with Crippen molar-refractivity contribution in [1.29, 1.82) is 0 Å². The second kappa shape index (κ2) is 10.7. The van der Waals surface area contributed by atoms with Gasteiger partial charge in [-0.3, -0.25) is 4.99 Å². The zero-order valence-electron chi connectivity index (χ0n) is 17.9. The number of aryl methyl sites for hydroxylation is 1. The Morgan fingerprint density at radius 1 is 1.17 bits per heavy atom. The molecule has 1 saturated heterocycles. The monoisotopic (exact) mass is 413 g/mol. The third-order valence-corrected chi connectivity index (χ3v) is 5.12. The number of benzene rings is 2. The van der Waals surface area contributed by atoms with E-state index in [0.717, 1.165) is 42.1 Å². The normalized spacial score (nSPS) is 16.4. The van der Waals surface area contributed by atoms with Gasteiger partial charge < -0.3 is 30.0 Å². The van der Waals surface area contributed by atoms with E-state index in [1.165, 1.54) is 0 Å². The van der Waals surface area contributed by atoms with Gasteiger partial charge in [0.25, 0.3) is 0 Å². The highest BCUT2D eigenvalue weighted by atomic mass is 16.5. The first-order valence-corrected chi connectivity index (χ1v) is 10.2. The lowest BCUT2D eigenvalue weighted by Crippen LogP contribution is -2.36. The topological polar surface area (TPSA) is 84.3 Å². The van der Waals surface area contributed by atoms with Gasteiger partial charge in [0.15, 0.2) is 5.96 Å². The van der Waals surface area contributed by atoms with E-state index in [-0.39, 0.29) is 5.75 Å². The summed E-state index contributed by atoms with van der Waals surface area (Å²) in [6.45, 7) is 5.30. The molecule has 1 fully saturated rings. The minimum Gasteiger partial charge on any atom is -0.508 e. The van der Waals surface area contributed by atoms with Crippen molar-refractivity contribution in [1.82, 2.24) is 10.6 Å². The summed E-state index contributed by atoms with van der Waals surface area (Å²) in [5.41, 5.74) is 2.95. The highest BCUT2D eigenvalue weighted by molar-refractivity contribution is 5.79. The summed E-state index contributed by atoms with van der Waals surface area (Å²) >= 11 is 0. The van der Waals surface area contributed by atoms with Crippen LogP contribution in [-0.2, 0) is 17.8 Å². The largest absolute Gasteiger partial charge is 0.508 e. The Morgan fingerprint density at radius 3 is 2.67 bits per heavy atom. The average Bonchev–Trinajstić information content (AvgIpc) is 3.28. The van der Waals surface area contributed by atoms with Crippen LogP contribution in [-0.4, -0.2) is 45.0 Å². The summed E-state index contributed by atoms with van der Waals surface area (Å²) in [7, 11) is 3.32. The quantitative estimate of drug-likeness (QED) is 0.456. The van der Waals surface area contributed by atoms with Crippen molar-refractivity contribution in [3.8, 4) is 17.2 Å². The minimum absolute atomic E-state index is 0.212. The lowest BCUT2D eigenvalue weighted by atomic mass is 10.1. The van der Waals surface area contributed by atoms with Gasteiger partial charge in [-0.2, -0.15) is 0 Å². The standard InChI is InChI=1S/C23H31N3O4/c1-16-4-5-18(22(10-16)30-15-17-8-9-29-14-17)12-25-23(24-2)26-13-19-11-20(28-3)6-7-21(19)27/h4-7,10-11,17,27H,8-9,12-15H2,1-3H3,(H2,24,25,26). The van der Waals surface area contributed by atoms with Gasteiger partial charge in [-0.1, -0.05) is 12.1 Å². The van der Waals surface area contributed by atoms with Crippen molar-refractivity contribution in [2.45, 2.75) is 26.4 Å². The number of phenols is 1. The van der Waals surface area contributed by atoms with Crippen LogP contribution in [0.1, 0.15) is 23.1 Å². The molecule has 7 heteroatoms. The van der Waals surface area contributed by atoms with Gasteiger partial charge in [-0.25, -0.2) is 0 Å². The van der Waals surface area contributed by atoms with E-state index in [2.05, 4.69) is 40.7 Å². The third kappa shape index (κ3) is 6.03. The van der Waals surface area contributed by atoms with E-state index in [4.69, 9.17) is 14.2 Å². The fourth-order valence-electron chi connectivity index (χ4n) is 3.27. The number of hydrogen-bond acceptors (Lipinski definition) is 5. The van der Waals surface area contributed by atoms with Crippen LogP contribution in [0.5, 0.6) is 17.2 Å². The van der Waals surface area contributed by atoms with Gasteiger partial charge in [0.05, 0.1) is 20.3 Å². The highest BCUT2D eigenvalue weighted by Crippen LogP contribution is 2.24. The molecule has 0 saturated carbocycles. The van der Waals surface area contributed by atoms with Crippen LogP contribution < -0.4 is 20.1 Å². The molecule has 7 nitrogen and oxygen atoms in total. The zero-order valence-corrected chi connectivity index (χ0v) is 17.9. The zero-order chi connectivity index (χ0) is 21.3. The smallest absolute Gasteiger partial charge is 0.191 e. The summed E-state index contributed by atoms with van der Waals surface area (Å²) in [5.74, 6) is 2.88. The first-order valence-electron chi connectivity index (χ1n) is 10.2. The maximum absolute atomic E-state index is 10.1. The predicted octanol–water partition coefficient (Wildman–Crippen LogP) is 2.99. The second-order valence-corrected chi connectivity index (χ2v) is 7.43. The molecule has 1 aliphatic heterocycles. The lowest BCUT2D eigenvalue weighted by Gasteiger charge is -2.17. The molecule has 30 heavy (non-hydrogen) atoms. The van der Waals surface area contributed by atoms with E-state index in [1.807, 2.05) is 0 Å². The summed E-state index contributed by atoms with van der Waals surface area (Å²) in [6, 6.07) is 11.4. The molecule has 0 aliphatic carbocycles. The molecule has 2 aromatic carbocycles. The predicted molar refractivity (Wildman–Crippen MR) is 117 cm³/mol. The molecule has 0 spiro atoms. The van der Waals surface area contributed by atoms with Gasteiger partial charge in [-0.15, -0.1) is 0 Å². The maximum atomic E-state index is 10.1. The number of aliphatic imine (C=N–C) groups is 1. The summed E-state index contributed by atoms with van der Waals surface area (Å²) in [5, 5.41) is 16.6.